The van der Waals surface area contributed by atoms with Crippen molar-refractivity contribution in [1.29, 1.82) is 0 Å². The Morgan fingerprint density at radius 1 is 1.00 bits per heavy atom. The van der Waals surface area contributed by atoms with Gasteiger partial charge >= 0.3 is 0 Å². The van der Waals surface area contributed by atoms with Gasteiger partial charge in [-0.05, 0) is 45.0 Å². The van der Waals surface area contributed by atoms with E-state index < -0.39 is 0 Å². The van der Waals surface area contributed by atoms with E-state index in [9.17, 15) is 4.79 Å². The molecule has 6 nitrogen and oxygen atoms in total. The molecule has 1 saturated heterocycles. The summed E-state index contributed by atoms with van der Waals surface area (Å²) in [5.41, 5.74) is 3.02. The van der Waals surface area contributed by atoms with Crippen molar-refractivity contribution in [2.75, 3.05) is 19.6 Å². The molecule has 0 bridgehead atoms. The molecule has 4 aromatic rings. The molecule has 0 radical (unpaired) electrons. The molecular formula is C24H27N5OS. The summed E-state index contributed by atoms with van der Waals surface area (Å²) in [6, 6.07) is 12.2. The fraction of sp³-hybridized carbons (Fsp3) is 0.375. The van der Waals surface area contributed by atoms with E-state index in [1.165, 1.54) is 45.1 Å². The predicted molar refractivity (Wildman–Crippen MR) is 126 cm³/mol. The molecule has 5 rings (SSSR count). The van der Waals surface area contributed by atoms with E-state index in [0.29, 0.717) is 5.39 Å². The number of nitrogens with zero attached hydrogens (tertiary/aromatic N) is 4. The number of likely N-dealkylation sites (tertiary alicyclic amines) is 1. The summed E-state index contributed by atoms with van der Waals surface area (Å²) < 4.78 is 2.25. The van der Waals surface area contributed by atoms with E-state index in [1.54, 1.807) is 11.3 Å². The third-order valence-electron chi connectivity index (χ3n) is 6.02. The standard InChI is InChI=1S/C24H27N5OS/c30-23-19-15-20(31-24(19)26-16-25-23)22-21(18-9-4-3-5-10-18)27-17-29(22)14-8-13-28-11-6-1-2-7-12-28/h3-5,9-10,15-17H,1-2,6-8,11-14H2,(H,25,26,30). The van der Waals surface area contributed by atoms with Gasteiger partial charge in [0.05, 0.1) is 34.3 Å². The number of benzene rings is 1. The van der Waals surface area contributed by atoms with E-state index in [4.69, 9.17) is 4.98 Å². The molecule has 0 spiro atoms. The smallest absolute Gasteiger partial charge is 0.259 e. The van der Waals surface area contributed by atoms with Crippen LogP contribution in [0.5, 0.6) is 0 Å². The van der Waals surface area contributed by atoms with E-state index in [0.717, 1.165) is 46.2 Å². The minimum absolute atomic E-state index is 0.0963. The molecule has 1 aliphatic heterocycles. The molecular weight excluding hydrogens is 406 g/mol. The largest absolute Gasteiger partial charge is 0.329 e. The second-order valence-corrected chi connectivity index (χ2v) is 9.20. The molecule has 4 heterocycles. The zero-order valence-corrected chi connectivity index (χ0v) is 18.4. The average molecular weight is 434 g/mol. The third-order valence-corrected chi connectivity index (χ3v) is 7.07. The van der Waals surface area contributed by atoms with Gasteiger partial charge < -0.3 is 14.5 Å². The minimum Gasteiger partial charge on any atom is -0.329 e. The van der Waals surface area contributed by atoms with Gasteiger partial charge in [-0.1, -0.05) is 43.2 Å². The average Bonchev–Trinajstić information content (AvgIpc) is 3.32. The van der Waals surface area contributed by atoms with E-state index >= 15 is 0 Å². The lowest BCUT2D eigenvalue weighted by Gasteiger charge is -2.20. The maximum absolute atomic E-state index is 12.3. The Morgan fingerprint density at radius 2 is 1.81 bits per heavy atom. The topological polar surface area (TPSA) is 66.8 Å². The normalized spacial score (nSPS) is 15.4. The summed E-state index contributed by atoms with van der Waals surface area (Å²) in [6.07, 6.45) is 9.87. The SMILES string of the molecule is O=c1[nH]cnc2sc(-c3c(-c4ccccc4)ncn3CCCN3CCCCCC3)cc12. The molecule has 0 aliphatic carbocycles. The lowest BCUT2D eigenvalue weighted by atomic mass is 10.1. The third kappa shape index (κ3) is 4.34. The van der Waals surface area contributed by atoms with Crippen LogP contribution in [0.1, 0.15) is 32.1 Å². The summed E-state index contributed by atoms with van der Waals surface area (Å²) in [4.78, 5) is 28.5. The van der Waals surface area contributed by atoms with Crippen LogP contribution < -0.4 is 5.56 Å². The molecule has 3 aromatic heterocycles. The number of fused-ring (bicyclic) bond motifs is 1. The molecule has 31 heavy (non-hydrogen) atoms. The highest BCUT2D eigenvalue weighted by Crippen LogP contribution is 2.37. The maximum Gasteiger partial charge on any atom is 0.259 e. The van der Waals surface area contributed by atoms with Crippen LogP contribution in [0.2, 0.25) is 0 Å². The predicted octanol–water partition coefficient (Wildman–Crippen LogP) is 4.78. The van der Waals surface area contributed by atoms with Gasteiger partial charge in [0.15, 0.2) is 0 Å². The summed E-state index contributed by atoms with van der Waals surface area (Å²) >= 11 is 1.55. The van der Waals surface area contributed by atoms with Crippen LogP contribution in [0.4, 0.5) is 0 Å². The van der Waals surface area contributed by atoms with Gasteiger partial charge in [0.25, 0.3) is 5.56 Å². The molecule has 1 aromatic carbocycles. The zero-order chi connectivity index (χ0) is 21.0. The van der Waals surface area contributed by atoms with Crippen LogP contribution >= 0.6 is 11.3 Å². The van der Waals surface area contributed by atoms with Gasteiger partial charge in [-0.15, -0.1) is 11.3 Å². The number of aryl methyl sites for hydroxylation is 1. The van der Waals surface area contributed by atoms with Gasteiger partial charge in [-0.2, -0.15) is 0 Å². The molecule has 1 aliphatic rings. The van der Waals surface area contributed by atoms with Crippen LogP contribution in [0.25, 0.3) is 32.0 Å². The Bertz CT molecular complexity index is 1200. The van der Waals surface area contributed by atoms with E-state index in [2.05, 4.69) is 31.6 Å². The first-order valence-corrected chi connectivity index (χ1v) is 11.9. The fourth-order valence-corrected chi connectivity index (χ4v) is 5.49. The van der Waals surface area contributed by atoms with Gasteiger partial charge in [0.2, 0.25) is 0 Å². The van der Waals surface area contributed by atoms with Gasteiger partial charge in [0, 0.05) is 12.1 Å². The highest BCUT2D eigenvalue weighted by Gasteiger charge is 2.19. The molecule has 1 N–H and O–H groups in total. The minimum atomic E-state index is -0.0963. The van der Waals surface area contributed by atoms with Crippen molar-refractivity contribution in [1.82, 2.24) is 24.4 Å². The maximum atomic E-state index is 12.3. The highest BCUT2D eigenvalue weighted by molar-refractivity contribution is 7.21. The van der Waals surface area contributed by atoms with Crippen molar-refractivity contribution < 1.29 is 0 Å². The number of hydrogen-bond donors (Lipinski definition) is 1. The number of nitrogens with one attached hydrogen (secondary N) is 1. The van der Waals surface area contributed by atoms with Crippen molar-refractivity contribution in [2.45, 2.75) is 38.6 Å². The Kier molecular flexibility index (Phi) is 5.95. The molecule has 0 atom stereocenters. The Morgan fingerprint density at radius 3 is 2.58 bits per heavy atom. The highest BCUT2D eigenvalue weighted by atomic mass is 32.1. The number of hydrogen-bond acceptors (Lipinski definition) is 5. The first kappa shape index (κ1) is 20.2. The Labute approximate surface area is 185 Å². The zero-order valence-electron chi connectivity index (χ0n) is 17.6. The Balaban J connectivity index is 1.47. The van der Waals surface area contributed by atoms with Crippen molar-refractivity contribution in [3.8, 4) is 21.8 Å². The number of H-pyrrole nitrogens is 1. The van der Waals surface area contributed by atoms with Crippen LogP contribution in [0, 0.1) is 0 Å². The molecule has 7 heteroatoms. The van der Waals surface area contributed by atoms with Crippen LogP contribution in [-0.4, -0.2) is 44.1 Å². The molecule has 1 fully saturated rings. The summed E-state index contributed by atoms with van der Waals surface area (Å²) in [5, 5.41) is 0.638. The van der Waals surface area contributed by atoms with Crippen molar-refractivity contribution in [3.63, 3.8) is 0 Å². The molecule has 0 unspecified atom stereocenters. The van der Waals surface area contributed by atoms with Gasteiger partial charge in [0.1, 0.15) is 4.83 Å². The van der Waals surface area contributed by atoms with Gasteiger partial charge in [-0.3, -0.25) is 4.79 Å². The number of rotatable bonds is 6. The van der Waals surface area contributed by atoms with E-state index in [1.807, 2.05) is 30.6 Å². The number of thiophene rings is 1. The summed E-state index contributed by atoms with van der Waals surface area (Å²) in [7, 11) is 0. The number of aromatic amines is 1. The van der Waals surface area contributed by atoms with Crippen LogP contribution in [0.15, 0.2) is 53.8 Å². The first-order valence-electron chi connectivity index (χ1n) is 11.1. The van der Waals surface area contributed by atoms with Gasteiger partial charge in [-0.25, -0.2) is 9.97 Å². The van der Waals surface area contributed by atoms with E-state index in [-0.39, 0.29) is 5.56 Å². The number of aromatic nitrogens is 4. The van der Waals surface area contributed by atoms with Crippen LogP contribution in [0.3, 0.4) is 0 Å². The van der Waals surface area contributed by atoms with Crippen molar-refractivity contribution >= 4 is 21.6 Å². The quantitative estimate of drug-likeness (QED) is 0.475. The van der Waals surface area contributed by atoms with Crippen molar-refractivity contribution in [3.05, 3.63) is 59.4 Å². The summed E-state index contributed by atoms with van der Waals surface area (Å²) in [6.45, 7) is 4.46. The second-order valence-electron chi connectivity index (χ2n) is 8.17. The van der Waals surface area contributed by atoms with Crippen LogP contribution in [-0.2, 0) is 6.54 Å². The lowest BCUT2D eigenvalue weighted by molar-refractivity contribution is 0.276. The lowest BCUT2D eigenvalue weighted by Crippen LogP contribution is -2.26. The monoisotopic (exact) mass is 433 g/mol. The number of imidazole rings is 1. The Hall–Kier alpha value is -2.77. The molecule has 160 valence electrons. The summed E-state index contributed by atoms with van der Waals surface area (Å²) in [5.74, 6) is 0. The fourth-order valence-electron chi connectivity index (χ4n) is 4.43. The molecule has 0 amide bonds. The molecule has 0 saturated carbocycles. The first-order chi connectivity index (χ1) is 15.3. The van der Waals surface area contributed by atoms with Crippen molar-refractivity contribution in [2.24, 2.45) is 0 Å². The second kappa shape index (κ2) is 9.16.